The minimum absolute atomic E-state index is 0.0496. The van der Waals surface area contributed by atoms with Crippen molar-refractivity contribution in [3.05, 3.63) is 35.6 Å². The van der Waals surface area contributed by atoms with Crippen molar-refractivity contribution in [1.29, 1.82) is 0 Å². The smallest absolute Gasteiger partial charge is 0.303 e. The first-order chi connectivity index (χ1) is 8.52. The minimum Gasteiger partial charge on any atom is -0.481 e. The van der Waals surface area contributed by atoms with Crippen LogP contribution in [-0.4, -0.2) is 17.0 Å². The Morgan fingerprint density at radius 1 is 1.33 bits per heavy atom. The summed E-state index contributed by atoms with van der Waals surface area (Å²) in [6.07, 6.45) is 0.559. The Balaban J connectivity index is 2.78. The van der Waals surface area contributed by atoms with E-state index in [-0.39, 0.29) is 24.6 Å². The van der Waals surface area contributed by atoms with Crippen LogP contribution < -0.4 is 5.32 Å². The average molecular weight is 253 g/mol. The van der Waals surface area contributed by atoms with E-state index in [9.17, 15) is 14.0 Å². The maximum Gasteiger partial charge on any atom is 0.303 e. The van der Waals surface area contributed by atoms with Crippen molar-refractivity contribution in [2.75, 3.05) is 0 Å². The number of hydrogen-bond acceptors (Lipinski definition) is 2. The summed E-state index contributed by atoms with van der Waals surface area (Å²) < 4.78 is 12.8. The van der Waals surface area contributed by atoms with E-state index in [4.69, 9.17) is 5.11 Å². The molecule has 1 atom stereocenters. The molecule has 0 aliphatic rings. The topological polar surface area (TPSA) is 66.4 Å². The molecule has 0 fully saturated rings. The fourth-order valence-electron chi connectivity index (χ4n) is 1.58. The van der Waals surface area contributed by atoms with Gasteiger partial charge in [-0.3, -0.25) is 9.59 Å². The number of carbonyl (C=O) groups is 2. The Hall–Kier alpha value is -1.91. The largest absolute Gasteiger partial charge is 0.481 e. The molecule has 1 aromatic carbocycles. The van der Waals surface area contributed by atoms with Gasteiger partial charge in [0, 0.05) is 12.8 Å². The van der Waals surface area contributed by atoms with Gasteiger partial charge in [-0.15, -0.1) is 0 Å². The maximum atomic E-state index is 12.8. The summed E-state index contributed by atoms with van der Waals surface area (Å²) in [6, 6.07) is 5.30. The second-order valence-electron chi connectivity index (χ2n) is 3.96. The number of halogens is 1. The predicted molar refractivity (Wildman–Crippen MR) is 64.4 cm³/mol. The number of nitrogens with one attached hydrogen (secondary N) is 1. The number of hydrogen-bond donors (Lipinski definition) is 2. The molecule has 18 heavy (non-hydrogen) atoms. The minimum atomic E-state index is -0.923. The van der Waals surface area contributed by atoms with Gasteiger partial charge in [0.25, 0.3) is 0 Å². The lowest BCUT2D eigenvalue weighted by Gasteiger charge is -2.18. The van der Waals surface area contributed by atoms with Crippen LogP contribution in [0.4, 0.5) is 4.39 Å². The summed E-state index contributed by atoms with van der Waals surface area (Å²) >= 11 is 0. The van der Waals surface area contributed by atoms with E-state index in [1.165, 1.54) is 12.1 Å². The van der Waals surface area contributed by atoms with Crippen LogP contribution in [0.3, 0.4) is 0 Å². The first kappa shape index (κ1) is 14.2. The van der Waals surface area contributed by atoms with Gasteiger partial charge < -0.3 is 10.4 Å². The molecule has 0 aliphatic heterocycles. The number of carboxylic acids is 1. The van der Waals surface area contributed by atoms with Crippen LogP contribution in [0.15, 0.2) is 24.3 Å². The summed E-state index contributed by atoms with van der Waals surface area (Å²) in [5.74, 6) is -1.44. The van der Waals surface area contributed by atoms with Crippen LogP contribution in [0.5, 0.6) is 0 Å². The quantitative estimate of drug-likeness (QED) is 0.817. The molecule has 1 unspecified atom stereocenters. The van der Waals surface area contributed by atoms with Gasteiger partial charge in [0.15, 0.2) is 0 Å². The zero-order valence-electron chi connectivity index (χ0n) is 10.1. The van der Waals surface area contributed by atoms with E-state index in [1.807, 2.05) is 0 Å². The number of benzene rings is 1. The Kier molecular flexibility index (Phi) is 5.30. The van der Waals surface area contributed by atoms with Crippen LogP contribution in [0.1, 0.15) is 37.8 Å². The highest BCUT2D eigenvalue weighted by Gasteiger charge is 2.15. The van der Waals surface area contributed by atoms with Crippen LogP contribution in [0.2, 0.25) is 0 Å². The molecule has 0 aliphatic carbocycles. The summed E-state index contributed by atoms with van der Waals surface area (Å²) in [5, 5.41) is 11.4. The standard InChI is InChI=1S/C13H16FNO3/c1-2-12(16)15-11(7-8-13(17)18)9-3-5-10(14)6-4-9/h3-6,11H,2,7-8H2,1H3,(H,15,16)(H,17,18). The van der Waals surface area contributed by atoms with Crippen LogP contribution in [0.25, 0.3) is 0 Å². The summed E-state index contributed by atoms with van der Waals surface area (Å²) in [7, 11) is 0. The second-order valence-corrected chi connectivity index (χ2v) is 3.96. The Bertz CT molecular complexity index is 417. The third kappa shape index (κ3) is 4.53. The molecule has 1 aromatic rings. The molecular weight excluding hydrogens is 237 g/mol. The molecule has 0 bridgehead atoms. The molecule has 0 saturated carbocycles. The van der Waals surface area contributed by atoms with E-state index in [1.54, 1.807) is 19.1 Å². The molecular formula is C13H16FNO3. The van der Waals surface area contributed by atoms with Crippen molar-refractivity contribution in [1.82, 2.24) is 5.32 Å². The van der Waals surface area contributed by atoms with Gasteiger partial charge in [-0.05, 0) is 24.1 Å². The lowest BCUT2D eigenvalue weighted by Crippen LogP contribution is -2.28. The van der Waals surface area contributed by atoms with E-state index >= 15 is 0 Å². The van der Waals surface area contributed by atoms with Crippen molar-refractivity contribution >= 4 is 11.9 Å². The number of rotatable bonds is 6. The van der Waals surface area contributed by atoms with Crippen molar-refractivity contribution in [2.45, 2.75) is 32.2 Å². The van der Waals surface area contributed by atoms with Gasteiger partial charge in [0.1, 0.15) is 5.82 Å². The second kappa shape index (κ2) is 6.74. The van der Waals surface area contributed by atoms with Gasteiger partial charge in [-0.1, -0.05) is 19.1 Å². The number of carboxylic acid groups (broad SMARTS) is 1. The van der Waals surface area contributed by atoms with Crippen molar-refractivity contribution in [3.8, 4) is 0 Å². The maximum absolute atomic E-state index is 12.8. The predicted octanol–water partition coefficient (Wildman–Crippen LogP) is 2.26. The van der Waals surface area contributed by atoms with E-state index in [0.717, 1.165) is 0 Å². The van der Waals surface area contributed by atoms with Crippen molar-refractivity contribution in [2.24, 2.45) is 0 Å². The third-order valence-electron chi connectivity index (χ3n) is 2.58. The number of aliphatic carboxylic acids is 1. The van der Waals surface area contributed by atoms with Crippen LogP contribution in [0, 0.1) is 5.82 Å². The monoisotopic (exact) mass is 253 g/mol. The van der Waals surface area contributed by atoms with Crippen LogP contribution in [-0.2, 0) is 9.59 Å². The number of amides is 1. The van der Waals surface area contributed by atoms with Crippen LogP contribution >= 0.6 is 0 Å². The molecule has 98 valence electrons. The molecule has 0 saturated heterocycles. The van der Waals surface area contributed by atoms with E-state index in [0.29, 0.717) is 12.0 Å². The first-order valence-corrected chi connectivity index (χ1v) is 5.79. The molecule has 0 radical (unpaired) electrons. The van der Waals surface area contributed by atoms with E-state index < -0.39 is 12.0 Å². The van der Waals surface area contributed by atoms with Gasteiger partial charge in [0.2, 0.25) is 5.91 Å². The molecule has 5 heteroatoms. The summed E-state index contributed by atoms with van der Waals surface area (Å²) in [6.45, 7) is 1.72. The molecule has 0 aromatic heterocycles. The highest BCUT2D eigenvalue weighted by molar-refractivity contribution is 5.76. The van der Waals surface area contributed by atoms with Crippen molar-refractivity contribution < 1.29 is 19.1 Å². The SMILES string of the molecule is CCC(=O)NC(CCC(=O)O)c1ccc(F)cc1. The fraction of sp³-hybridized carbons (Fsp3) is 0.385. The summed E-state index contributed by atoms with van der Waals surface area (Å²) in [4.78, 5) is 21.9. The third-order valence-corrected chi connectivity index (χ3v) is 2.58. The molecule has 0 spiro atoms. The average Bonchev–Trinajstić information content (AvgIpc) is 2.35. The molecule has 1 rings (SSSR count). The lowest BCUT2D eigenvalue weighted by molar-refractivity contribution is -0.137. The normalized spacial score (nSPS) is 11.9. The summed E-state index contributed by atoms with van der Waals surface area (Å²) in [5.41, 5.74) is 0.708. The Morgan fingerprint density at radius 2 is 1.94 bits per heavy atom. The molecule has 0 heterocycles. The Morgan fingerprint density at radius 3 is 2.44 bits per heavy atom. The van der Waals surface area contributed by atoms with Gasteiger partial charge in [-0.25, -0.2) is 4.39 Å². The van der Waals surface area contributed by atoms with Gasteiger partial charge >= 0.3 is 5.97 Å². The first-order valence-electron chi connectivity index (χ1n) is 5.79. The zero-order valence-corrected chi connectivity index (χ0v) is 10.1. The van der Waals surface area contributed by atoms with Gasteiger partial charge in [0.05, 0.1) is 6.04 Å². The van der Waals surface area contributed by atoms with Crippen molar-refractivity contribution in [3.63, 3.8) is 0 Å². The molecule has 4 nitrogen and oxygen atoms in total. The molecule has 2 N–H and O–H groups in total. The lowest BCUT2D eigenvalue weighted by atomic mass is 10.0. The van der Waals surface area contributed by atoms with E-state index in [2.05, 4.69) is 5.32 Å². The number of carbonyl (C=O) groups excluding carboxylic acids is 1. The van der Waals surface area contributed by atoms with Gasteiger partial charge in [-0.2, -0.15) is 0 Å². The highest BCUT2D eigenvalue weighted by atomic mass is 19.1. The zero-order chi connectivity index (χ0) is 13.5. The fourth-order valence-corrected chi connectivity index (χ4v) is 1.58. The molecule has 1 amide bonds. The Labute approximate surface area is 105 Å². The highest BCUT2D eigenvalue weighted by Crippen LogP contribution is 2.19.